The molecule has 1 unspecified atom stereocenters. The van der Waals surface area contributed by atoms with E-state index in [1.54, 1.807) is 4.68 Å². The van der Waals surface area contributed by atoms with Gasteiger partial charge in [-0.15, -0.1) is 5.10 Å². The highest BCUT2D eigenvalue weighted by atomic mass is 16.2. The Kier molecular flexibility index (Phi) is 2.44. The van der Waals surface area contributed by atoms with Crippen molar-refractivity contribution in [3.63, 3.8) is 0 Å². The van der Waals surface area contributed by atoms with Gasteiger partial charge in [0.25, 0.3) is 0 Å². The van der Waals surface area contributed by atoms with E-state index in [4.69, 9.17) is 0 Å². The molecule has 0 spiro atoms. The Morgan fingerprint density at radius 1 is 1.33 bits per heavy atom. The van der Waals surface area contributed by atoms with Gasteiger partial charge in [-0.2, -0.15) is 0 Å². The second kappa shape index (κ2) is 4.10. The molecule has 1 aliphatic heterocycles. The van der Waals surface area contributed by atoms with Crippen molar-refractivity contribution < 1.29 is 9.59 Å². The molecule has 3 amide bonds. The molecule has 1 aromatic heterocycles. The number of aromatic nitrogens is 3. The Morgan fingerprint density at radius 2 is 2.17 bits per heavy atom. The molecule has 0 bridgehead atoms. The molecule has 1 atom stereocenters. The van der Waals surface area contributed by atoms with E-state index in [1.807, 2.05) is 24.3 Å². The van der Waals surface area contributed by atoms with Crippen molar-refractivity contribution >= 4 is 23.0 Å². The molecule has 2 aromatic rings. The Morgan fingerprint density at radius 3 is 3.00 bits per heavy atom. The van der Waals surface area contributed by atoms with Crippen LogP contribution in [0.2, 0.25) is 0 Å². The molecule has 1 aliphatic rings. The average Bonchev–Trinajstić information content (AvgIpc) is 2.76. The number of amides is 3. The van der Waals surface area contributed by atoms with E-state index < -0.39 is 6.03 Å². The average molecular weight is 245 g/mol. The van der Waals surface area contributed by atoms with E-state index >= 15 is 0 Å². The maximum absolute atomic E-state index is 11.6. The second-order valence-electron chi connectivity index (χ2n) is 4.16. The molecule has 2 heterocycles. The lowest BCUT2D eigenvalue weighted by Gasteiger charge is -2.21. The van der Waals surface area contributed by atoms with Crippen LogP contribution < -0.4 is 10.6 Å². The third-order valence-electron chi connectivity index (χ3n) is 2.93. The highest BCUT2D eigenvalue weighted by molar-refractivity contribution is 5.97. The Labute approximate surface area is 102 Å². The third kappa shape index (κ3) is 1.79. The Balaban J connectivity index is 1.84. The fourth-order valence-corrected chi connectivity index (χ4v) is 1.98. The van der Waals surface area contributed by atoms with Crippen molar-refractivity contribution in [1.29, 1.82) is 0 Å². The van der Waals surface area contributed by atoms with Crippen molar-refractivity contribution in [2.75, 3.05) is 6.54 Å². The van der Waals surface area contributed by atoms with Gasteiger partial charge >= 0.3 is 6.03 Å². The number of hydrogen-bond donors (Lipinski definition) is 2. The SMILES string of the molecule is O=C1NCC(Cn2nnc3ccccc32)C(=O)N1. The van der Waals surface area contributed by atoms with E-state index in [0.717, 1.165) is 11.0 Å². The summed E-state index contributed by atoms with van der Waals surface area (Å²) in [5, 5.41) is 12.9. The highest BCUT2D eigenvalue weighted by Gasteiger charge is 2.27. The number of carbonyl (C=O) groups excluding carboxylic acids is 2. The summed E-state index contributed by atoms with van der Waals surface area (Å²) in [5.41, 5.74) is 1.67. The number of benzene rings is 1. The fourth-order valence-electron chi connectivity index (χ4n) is 1.98. The van der Waals surface area contributed by atoms with Gasteiger partial charge in [-0.1, -0.05) is 17.3 Å². The number of hydrogen-bond acceptors (Lipinski definition) is 4. The first-order valence-electron chi connectivity index (χ1n) is 5.61. The van der Waals surface area contributed by atoms with E-state index in [-0.39, 0.29) is 11.8 Å². The summed E-state index contributed by atoms with van der Waals surface area (Å²) in [6, 6.07) is 7.09. The van der Waals surface area contributed by atoms with Crippen molar-refractivity contribution in [2.24, 2.45) is 5.92 Å². The standard InChI is InChI=1S/C11H11N5O2/c17-10-7(5-12-11(18)13-10)6-16-9-4-2-1-3-8(9)14-15-16/h1-4,7H,5-6H2,(H2,12,13,17,18). The van der Waals surface area contributed by atoms with E-state index in [1.165, 1.54) is 0 Å². The zero-order valence-corrected chi connectivity index (χ0v) is 9.46. The summed E-state index contributed by atoms with van der Waals surface area (Å²) in [6.07, 6.45) is 0. The van der Waals surface area contributed by atoms with E-state index in [2.05, 4.69) is 20.9 Å². The minimum Gasteiger partial charge on any atom is -0.337 e. The summed E-state index contributed by atoms with van der Waals surface area (Å²) in [5.74, 6) is -0.605. The van der Waals surface area contributed by atoms with Gasteiger partial charge in [0.2, 0.25) is 5.91 Å². The molecule has 7 nitrogen and oxygen atoms in total. The first-order valence-corrected chi connectivity index (χ1v) is 5.61. The van der Waals surface area contributed by atoms with Crippen molar-refractivity contribution in [3.8, 4) is 0 Å². The van der Waals surface area contributed by atoms with Crippen LogP contribution in [-0.4, -0.2) is 33.5 Å². The monoisotopic (exact) mass is 245 g/mol. The van der Waals surface area contributed by atoms with Crippen LogP contribution >= 0.6 is 0 Å². The van der Waals surface area contributed by atoms with Gasteiger partial charge in [-0.25, -0.2) is 9.48 Å². The van der Waals surface area contributed by atoms with Crippen LogP contribution in [-0.2, 0) is 11.3 Å². The predicted molar refractivity (Wildman–Crippen MR) is 62.6 cm³/mol. The number of nitrogens with zero attached hydrogens (tertiary/aromatic N) is 3. The molecule has 3 rings (SSSR count). The topological polar surface area (TPSA) is 88.9 Å². The molecule has 1 saturated heterocycles. The number of fused-ring (bicyclic) bond motifs is 1. The van der Waals surface area contributed by atoms with Crippen LogP contribution in [0.3, 0.4) is 0 Å². The summed E-state index contributed by atoms with van der Waals surface area (Å²) in [6.45, 7) is 0.714. The van der Waals surface area contributed by atoms with E-state index in [0.29, 0.717) is 13.1 Å². The van der Waals surface area contributed by atoms with Gasteiger partial charge in [-0.05, 0) is 12.1 Å². The normalized spacial score (nSPS) is 19.7. The van der Waals surface area contributed by atoms with Crippen LogP contribution in [0.15, 0.2) is 24.3 Å². The first-order chi connectivity index (χ1) is 8.74. The molecule has 7 heteroatoms. The molecule has 92 valence electrons. The van der Waals surface area contributed by atoms with Crippen LogP contribution in [0.25, 0.3) is 11.0 Å². The maximum atomic E-state index is 11.6. The third-order valence-corrected chi connectivity index (χ3v) is 2.93. The van der Waals surface area contributed by atoms with Gasteiger partial charge in [0.05, 0.1) is 18.0 Å². The van der Waals surface area contributed by atoms with Crippen LogP contribution in [0, 0.1) is 5.92 Å². The highest BCUT2D eigenvalue weighted by Crippen LogP contribution is 2.12. The van der Waals surface area contributed by atoms with Gasteiger partial charge in [-0.3, -0.25) is 10.1 Å². The fraction of sp³-hybridized carbons (Fsp3) is 0.273. The van der Waals surface area contributed by atoms with Crippen LogP contribution in [0.5, 0.6) is 0 Å². The van der Waals surface area contributed by atoms with Crippen molar-refractivity contribution in [3.05, 3.63) is 24.3 Å². The lowest BCUT2D eigenvalue weighted by Crippen LogP contribution is -2.53. The molecule has 1 aromatic carbocycles. The Bertz CT molecular complexity index is 621. The smallest absolute Gasteiger partial charge is 0.321 e. The largest absolute Gasteiger partial charge is 0.337 e. The number of carbonyl (C=O) groups is 2. The molecular formula is C11H11N5O2. The molecular weight excluding hydrogens is 234 g/mol. The minimum atomic E-state index is -0.445. The second-order valence-corrected chi connectivity index (χ2v) is 4.16. The summed E-state index contributed by atoms with van der Waals surface area (Å²) >= 11 is 0. The lowest BCUT2D eigenvalue weighted by atomic mass is 10.1. The summed E-state index contributed by atoms with van der Waals surface area (Å²) < 4.78 is 1.68. The number of para-hydroxylation sites is 1. The van der Waals surface area contributed by atoms with Gasteiger partial charge in [0, 0.05) is 6.54 Å². The Hall–Kier alpha value is -2.44. The zero-order valence-electron chi connectivity index (χ0n) is 9.46. The predicted octanol–water partition coefficient (Wildman–Crippen LogP) is -0.113. The first kappa shape index (κ1) is 10.7. The summed E-state index contributed by atoms with van der Waals surface area (Å²) in [7, 11) is 0. The zero-order chi connectivity index (χ0) is 12.5. The lowest BCUT2D eigenvalue weighted by molar-refractivity contribution is -0.125. The molecule has 0 saturated carbocycles. The number of nitrogens with one attached hydrogen (secondary N) is 2. The molecule has 0 radical (unpaired) electrons. The van der Waals surface area contributed by atoms with Crippen LogP contribution in [0.1, 0.15) is 0 Å². The number of rotatable bonds is 2. The molecule has 0 aliphatic carbocycles. The van der Waals surface area contributed by atoms with Gasteiger partial charge in [0.15, 0.2) is 0 Å². The molecule has 18 heavy (non-hydrogen) atoms. The summed E-state index contributed by atoms with van der Waals surface area (Å²) in [4.78, 5) is 22.6. The van der Waals surface area contributed by atoms with Gasteiger partial charge in [0.1, 0.15) is 5.52 Å². The van der Waals surface area contributed by atoms with Crippen LogP contribution in [0.4, 0.5) is 4.79 Å². The van der Waals surface area contributed by atoms with Crippen molar-refractivity contribution in [1.82, 2.24) is 25.6 Å². The minimum absolute atomic E-state index is 0.279. The molecule has 1 fully saturated rings. The van der Waals surface area contributed by atoms with Crippen molar-refractivity contribution in [2.45, 2.75) is 6.54 Å². The molecule has 2 N–H and O–H groups in total. The quantitative estimate of drug-likeness (QED) is 0.772. The maximum Gasteiger partial charge on any atom is 0.321 e. The van der Waals surface area contributed by atoms with E-state index in [9.17, 15) is 9.59 Å². The number of imide groups is 1. The number of urea groups is 1. The van der Waals surface area contributed by atoms with Gasteiger partial charge < -0.3 is 5.32 Å².